The van der Waals surface area contributed by atoms with Crippen LogP contribution in [0.25, 0.3) is 16.9 Å². The van der Waals surface area contributed by atoms with Gasteiger partial charge in [0.25, 0.3) is 11.6 Å². The first-order valence-corrected chi connectivity index (χ1v) is 12.5. The molecule has 4 aromatic rings. The molecule has 1 aliphatic heterocycles. The fraction of sp³-hybridized carbons (Fsp3) is 0.321. The van der Waals surface area contributed by atoms with E-state index in [0.29, 0.717) is 43.2 Å². The Kier molecular flexibility index (Phi) is 6.48. The first-order valence-electron chi connectivity index (χ1n) is 12.5. The van der Waals surface area contributed by atoms with Gasteiger partial charge in [0.1, 0.15) is 11.4 Å². The zero-order valence-electron chi connectivity index (χ0n) is 21.9. The van der Waals surface area contributed by atoms with Crippen LogP contribution in [-0.4, -0.2) is 63.6 Å². The average molecular weight is 515 g/mol. The maximum absolute atomic E-state index is 13.8. The Morgan fingerprint density at radius 1 is 0.974 bits per heavy atom. The monoisotopic (exact) mass is 514 g/mol. The van der Waals surface area contributed by atoms with E-state index in [4.69, 9.17) is 14.8 Å². The number of amides is 1. The summed E-state index contributed by atoms with van der Waals surface area (Å²) in [5, 5.41) is 15.7. The molecule has 0 saturated carbocycles. The molecule has 0 spiro atoms. The molecule has 3 heterocycles. The number of benzene rings is 2. The van der Waals surface area contributed by atoms with Crippen molar-refractivity contribution in [3.05, 3.63) is 82.2 Å². The number of rotatable bonds is 5. The molecule has 1 amide bonds. The number of fused-ring (bicyclic) bond motifs is 1. The highest BCUT2D eigenvalue weighted by Crippen LogP contribution is 2.27. The predicted octanol–water partition coefficient (Wildman–Crippen LogP) is 4.57. The van der Waals surface area contributed by atoms with Crippen LogP contribution in [0, 0.1) is 10.1 Å². The van der Waals surface area contributed by atoms with Gasteiger partial charge in [-0.25, -0.2) is 9.50 Å². The largest absolute Gasteiger partial charge is 0.497 e. The fourth-order valence-corrected chi connectivity index (χ4v) is 4.52. The lowest BCUT2D eigenvalue weighted by molar-refractivity contribution is -0.384. The number of nitrogens with zero attached hydrogens (tertiary/aromatic N) is 6. The zero-order chi connectivity index (χ0) is 27.0. The molecule has 1 saturated heterocycles. The van der Waals surface area contributed by atoms with Gasteiger partial charge in [-0.05, 0) is 42.5 Å². The molecule has 0 N–H and O–H groups in total. The van der Waals surface area contributed by atoms with Crippen molar-refractivity contribution >= 4 is 22.9 Å². The smallest absolute Gasteiger partial charge is 0.272 e. The fourth-order valence-electron chi connectivity index (χ4n) is 4.52. The van der Waals surface area contributed by atoms with Crippen LogP contribution in [0.1, 0.15) is 37.0 Å². The molecule has 0 aliphatic carbocycles. The quantitative estimate of drug-likeness (QED) is 0.284. The van der Waals surface area contributed by atoms with Crippen molar-refractivity contribution in [3.8, 4) is 17.0 Å². The maximum atomic E-state index is 13.8. The number of carbonyl (C=O) groups is 1. The molecule has 1 fully saturated rings. The molecular weight excluding hydrogens is 484 g/mol. The SMILES string of the molecule is COc1ccc(-c2cc(C(=O)N3CCN(c4ccc([N+](=O)[O-])cc4)CC3)n3nc(C(C)(C)C)cc3n2)cc1. The zero-order valence-corrected chi connectivity index (χ0v) is 21.9. The summed E-state index contributed by atoms with van der Waals surface area (Å²) < 4.78 is 6.94. The van der Waals surface area contributed by atoms with E-state index in [9.17, 15) is 14.9 Å². The van der Waals surface area contributed by atoms with Gasteiger partial charge in [0, 0.05) is 61.0 Å². The first kappa shape index (κ1) is 25.2. The number of aromatic nitrogens is 3. The number of non-ortho nitro benzene ring substituents is 1. The molecule has 0 radical (unpaired) electrons. The van der Waals surface area contributed by atoms with Crippen LogP contribution in [0.15, 0.2) is 60.7 Å². The van der Waals surface area contributed by atoms with E-state index in [1.165, 1.54) is 12.1 Å². The minimum atomic E-state index is -0.406. The number of methoxy groups -OCH3 is 1. The van der Waals surface area contributed by atoms with E-state index < -0.39 is 4.92 Å². The van der Waals surface area contributed by atoms with Crippen molar-refractivity contribution in [2.45, 2.75) is 26.2 Å². The summed E-state index contributed by atoms with van der Waals surface area (Å²) >= 11 is 0. The predicted molar refractivity (Wildman–Crippen MR) is 145 cm³/mol. The molecule has 1 aliphatic rings. The summed E-state index contributed by atoms with van der Waals surface area (Å²) in [5.74, 6) is 0.635. The van der Waals surface area contributed by atoms with Crippen LogP contribution in [0.5, 0.6) is 5.75 Å². The molecule has 2 aromatic heterocycles. The van der Waals surface area contributed by atoms with E-state index in [-0.39, 0.29) is 17.0 Å². The molecule has 38 heavy (non-hydrogen) atoms. The molecule has 10 heteroatoms. The van der Waals surface area contributed by atoms with E-state index in [2.05, 4.69) is 25.7 Å². The summed E-state index contributed by atoms with van der Waals surface area (Å²) in [6, 6.07) is 17.9. The number of hydrogen-bond donors (Lipinski definition) is 0. The normalized spacial score (nSPS) is 14.1. The third-order valence-electron chi connectivity index (χ3n) is 6.79. The minimum Gasteiger partial charge on any atom is -0.497 e. The van der Waals surface area contributed by atoms with Gasteiger partial charge in [-0.2, -0.15) is 5.10 Å². The third kappa shape index (κ3) is 4.89. The highest BCUT2D eigenvalue weighted by atomic mass is 16.6. The van der Waals surface area contributed by atoms with Gasteiger partial charge < -0.3 is 14.5 Å². The number of nitro groups is 1. The van der Waals surface area contributed by atoms with Crippen molar-refractivity contribution in [3.63, 3.8) is 0 Å². The maximum Gasteiger partial charge on any atom is 0.272 e. The standard InChI is InChI=1S/C28H30N6O4/c1-28(2,3)25-18-26-29-23(19-5-11-22(38-4)12-6-19)17-24(33(26)30-25)27(35)32-15-13-31(14-16-32)20-7-9-21(10-8-20)34(36)37/h5-12,17-18H,13-16H2,1-4H3. The Balaban J connectivity index is 1.44. The second kappa shape index (κ2) is 9.77. The van der Waals surface area contributed by atoms with Crippen molar-refractivity contribution in [2.24, 2.45) is 0 Å². The van der Waals surface area contributed by atoms with Gasteiger partial charge in [0.15, 0.2) is 5.65 Å². The number of piperazine rings is 1. The minimum absolute atomic E-state index is 0.0609. The van der Waals surface area contributed by atoms with Gasteiger partial charge in [-0.3, -0.25) is 14.9 Å². The number of carbonyl (C=O) groups excluding carboxylic acids is 1. The summed E-state index contributed by atoms with van der Waals surface area (Å²) in [5.41, 5.74) is 4.26. The van der Waals surface area contributed by atoms with E-state index in [1.54, 1.807) is 29.8 Å². The molecule has 0 atom stereocenters. The van der Waals surface area contributed by atoms with Crippen LogP contribution >= 0.6 is 0 Å². The van der Waals surface area contributed by atoms with Crippen LogP contribution in [0.3, 0.4) is 0 Å². The lowest BCUT2D eigenvalue weighted by Gasteiger charge is -2.36. The van der Waals surface area contributed by atoms with E-state index in [1.807, 2.05) is 35.2 Å². The molecule has 196 valence electrons. The van der Waals surface area contributed by atoms with Crippen LogP contribution in [0.4, 0.5) is 11.4 Å². The van der Waals surface area contributed by atoms with Crippen molar-refractivity contribution in [1.29, 1.82) is 0 Å². The van der Waals surface area contributed by atoms with Gasteiger partial charge in [-0.15, -0.1) is 0 Å². The summed E-state index contributed by atoms with van der Waals surface area (Å²) in [6.07, 6.45) is 0. The topological polar surface area (TPSA) is 106 Å². The number of hydrogen-bond acceptors (Lipinski definition) is 7. The van der Waals surface area contributed by atoms with Gasteiger partial charge in [-0.1, -0.05) is 20.8 Å². The van der Waals surface area contributed by atoms with Gasteiger partial charge in [0.05, 0.1) is 23.4 Å². The Labute approximate surface area is 220 Å². The summed E-state index contributed by atoms with van der Waals surface area (Å²) in [7, 11) is 1.62. The first-order chi connectivity index (χ1) is 18.1. The Morgan fingerprint density at radius 3 is 2.21 bits per heavy atom. The Hall–Kier alpha value is -4.47. The summed E-state index contributed by atoms with van der Waals surface area (Å²) in [4.78, 5) is 33.2. The number of ether oxygens (including phenoxy) is 1. The average Bonchev–Trinajstić information content (AvgIpc) is 3.38. The van der Waals surface area contributed by atoms with Crippen LogP contribution in [-0.2, 0) is 5.41 Å². The lowest BCUT2D eigenvalue weighted by atomic mass is 9.93. The van der Waals surface area contributed by atoms with Crippen LogP contribution in [0.2, 0.25) is 0 Å². The molecule has 5 rings (SSSR count). The Morgan fingerprint density at radius 2 is 1.63 bits per heavy atom. The highest BCUT2D eigenvalue weighted by molar-refractivity contribution is 5.94. The number of nitro benzene ring substituents is 1. The molecule has 0 unspecified atom stereocenters. The van der Waals surface area contributed by atoms with E-state index >= 15 is 0 Å². The van der Waals surface area contributed by atoms with E-state index in [0.717, 1.165) is 22.7 Å². The second-order valence-electron chi connectivity index (χ2n) is 10.4. The van der Waals surface area contributed by atoms with Crippen molar-refractivity contribution < 1.29 is 14.5 Å². The lowest BCUT2D eigenvalue weighted by Crippen LogP contribution is -2.49. The van der Waals surface area contributed by atoms with Gasteiger partial charge >= 0.3 is 0 Å². The van der Waals surface area contributed by atoms with Crippen molar-refractivity contribution in [2.75, 3.05) is 38.2 Å². The molecule has 2 aromatic carbocycles. The molecular formula is C28H30N6O4. The molecule has 0 bridgehead atoms. The van der Waals surface area contributed by atoms with Crippen molar-refractivity contribution in [1.82, 2.24) is 19.5 Å². The van der Waals surface area contributed by atoms with Crippen LogP contribution < -0.4 is 9.64 Å². The Bertz CT molecular complexity index is 1480. The van der Waals surface area contributed by atoms with Gasteiger partial charge in [0.2, 0.25) is 0 Å². The highest BCUT2D eigenvalue weighted by Gasteiger charge is 2.27. The summed E-state index contributed by atoms with van der Waals surface area (Å²) in [6.45, 7) is 8.52. The second-order valence-corrected chi connectivity index (χ2v) is 10.4. The number of anilines is 1. The molecule has 10 nitrogen and oxygen atoms in total. The third-order valence-corrected chi connectivity index (χ3v) is 6.79.